The first-order chi connectivity index (χ1) is 11.0. The number of hydrogen-bond acceptors (Lipinski definition) is 2. The van der Waals surface area contributed by atoms with Crippen molar-refractivity contribution in [1.82, 2.24) is 14.7 Å². The van der Waals surface area contributed by atoms with Crippen molar-refractivity contribution in [3.05, 3.63) is 69.6 Å². The van der Waals surface area contributed by atoms with Crippen LogP contribution in [0.1, 0.15) is 21.6 Å². The predicted molar refractivity (Wildman–Crippen MR) is 92.4 cm³/mol. The molecular weight excluding hydrogens is 333 g/mol. The van der Waals surface area contributed by atoms with Crippen LogP contribution in [0.3, 0.4) is 0 Å². The van der Waals surface area contributed by atoms with Crippen LogP contribution in [0.5, 0.6) is 0 Å². The molecule has 0 bridgehead atoms. The molecule has 118 valence electrons. The molecule has 1 N–H and O–H groups in total. The fraction of sp³-hybridized carbons (Fsp3) is 0.176. The lowest BCUT2D eigenvalue weighted by molar-refractivity contribution is 0.0954. The fourth-order valence-corrected chi connectivity index (χ4v) is 2.62. The number of aromatic nitrogens is 2. The molecule has 2 aromatic heterocycles. The highest BCUT2D eigenvalue weighted by molar-refractivity contribution is 6.42. The molecule has 4 nitrogen and oxygen atoms in total. The van der Waals surface area contributed by atoms with Gasteiger partial charge in [-0.25, -0.2) is 4.98 Å². The topological polar surface area (TPSA) is 46.4 Å². The summed E-state index contributed by atoms with van der Waals surface area (Å²) in [4.78, 5) is 16.6. The number of halogens is 2. The Labute approximate surface area is 144 Å². The van der Waals surface area contributed by atoms with Gasteiger partial charge in [0, 0.05) is 30.9 Å². The van der Waals surface area contributed by atoms with Gasteiger partial charge in [-0.15, -0.1) is 0 Å². The maximum atomic E-state index is 12.1. The van der Waals surface area contributed by atoms with E-state index in [4.69, 9.17) is 23.2 Å². The van der Waals surface area contributed by atoms with Gasteiger partial charge in [0.1, 0.15) is 5.65 Å². The van der Waals surface area contributed by atoms with Crippen molar-refractivity contribution in [3.63, 3.8) is 0 Å². The summed E-state index contributed by atoms with van der Waals surface area (Å²) in [6, 6.07) is 8.83. The molecule has 0 fully saturated rings. The molecule has 0 saturated carbocycles. The molecule has 0 spiro atoms. The van der Waals surface area contributed by atoms with Crippen LogP contribution in [0.2, 0.25) is 10.0 Å². The number of fused-ring (bicyclic) bond motifs is 1. The molecule has 0 aliphatic carbocycles. The molecule has 0 aliphatic heterocycles. The van der Waals surface area contributed by atoms with Crippen LogP contribution in [-0.2, 0) is 6.42 Å². The Balaban J connectivity index is 1.61. The number of rotatable bonds is 4. The zero-order valence-electron chi connectivity index (χ0n) is 12.5. The molecule has 0 atom stereocenters. The number of carbonyl (C=O) groups excluding carboxylic acids is 1. The van der Waals surface area contributed by atoms with E-state index in [0.29, 0.717) is 28.6 Å². The van der Waals surface area contributed by atoms with E-state index in [0.717, 1.165) is 11.3 Å². The van der Waals surface area contributed by atoms with Crippen LogP contribution in [0.4, 0.5) is 0 Å². The van der Waals surface area contributed by atoms with Gasteiger partial charge in [0.25, 0.3) is 5.91 Å². The second kappa shape index (κ2) is 6.60. The monoisotopic (exact) mass is 347 g/mol. The van der Waals surface area contributed by atoms with E-state index >= 15 is 0 Å². The number of benzene rings is 1. The molecular formula is C17H15Cl2N3O. The minimum atomic E-state index is -0.178. The van der Waals surface area contributed by atoms with Gasteiger partial charge in [0.2, 0.25) is 0 Å². The minimum Gasteiger partial charge on any atom is -0.352 e. The molecule has 0 aliphatic rings. The van der Waals surface area contributed by atoms with Crippen molar-refractivity contribution >= 4 is 34.8 Å². The Hall–Kier alpha value is -2.04. The number of hydrogen-bond donors (Lipinski definition) is 1. The Bertz CT molecular complexity index is 873. The molecule has 3 aromatic rings. The molecule has 1 amide bonds. The zero-order chi connectivity index (χ0) is 16.4. The Morgan fingerprint density at radius 2 is 2.00 bits per heavy atom. The quantitative estimate of drug-likeness (QED) is 0.777. The SMILES string of the molecule is Cc1ccc2nc(CCNC(=O)c3ccc(Cl)c(Cl)c3)cn2c1. The lowest BCUT2D eigenvalue weighted by atomic mass is 10.2. The average molecular weight is 348 g/mol. The number of imidazole rings is 1. The van der Waals surface area contributed by atoms with Crippen LogP contribution in [-0.4, -0.2) is 21.8 Å². The van der Waals surface area contributed by atoms with Crippen LogP contribution >= 0.6 is 23.2 Å². The maximum absolute atomic E-state index is 12.1. The normalized spacial score (nSPS) is 10.9. The summed E-state index contributed by atoms with van der Waals surface area (Å²) in [5, 5.41) is 3.66. The third-order valence-corrected chi connectivity index (χ3v) is 4.24. The van der Waals surface area contributed by atoms with Crippen molar-refractivity contribution in [2.45, 2.75) is 13.3 Å². The lowest BCUT2D eigenvalue weighted by Gasteiger charge is -2.05. The lowest BCUT2D eigenvalue weighted by Crippen LogP contribution is -2.25. The molecule has 0 saturated heterocycles. The third kappa shape index (κ3) is 3.66. The van der Waals surface area contributed by atoms with Crippen molar-refractivity contribution in [2.24, 2.45) is 0 Å². The van der Waals surface area contributed by atoms with E-state index in [9.17, 15) is 4.79 Å². The molecule has 23 heavy (non-hydrogen) atoms. The van der Waals surface area contributed by atoms with E-state index in [2.05, 4.69) is 10.3 Å². The molecule has 3 rings (SSSR count). The number of nitrogens with zero attached hydrogens (tertiary/aromatic N) is 2. The first-order valence-electron chi connectivity index (χ1n) is 7.20. The van der Waals surface area contributed by atoms with Gasteiger partial charge in [-0.05, 0) is 36.8 Å². The van der Waals surface area contributed by atoms with E-state index < -0.39 is 0 Å². The van der Waals surface area contributed by atoms with Crippen molar-refractivity contribution in [1.29, 1.82) is 0 Å². The van der Waals surface area contributed by atoms with Crippen molar-refractivity contribution in [3.8, 4) is 0 Å². The summed E-state index contributed by atoms with van der Waals surface area (Å²) in [6.45, 7) is 2.54. The molecule has 0 radical (unpaired) electrons. The highest BCUT2D eigenvalue weighted by Gasteiger charge is 2.08. The van der Waals surface area contributed by atoms with Crippen molar-refractivity contribution < 1.29 is 4.79 Å². The second-order valence-electron chi connectivity index (χ2n) is 5.34. The van der Waals surface area contributed by atoms with Gasteiger partial charge in [-0.2, -0.15) is 0 Å². The smallest absolute Gasteiger partial charge is 0.251 e. The number of aryl methyl sites for hydroxylation is 1. The number of amides is 1. The van der Waals surface area contributed by atoms with E-state index in [1.807, 2.05) is 35.9 Å². The van der Waals surface area contributed by atoms with Gasteiger partial charge in [0.05, 0.1) is 15.7 Å². The highest BCUT2D eigenvalue weighted by atomic mass is 35.5. The van der Waals surface area contributed by atoms with E-state index in [-0.39, 0.29) is 5.91 Å². The summed E-state index contributed by atoms with van der Waals surface area (Å²) in [5.41, 5.74) is 3.51. The largest absolute Gasteiger partial charge is 0.352 e. The summed E-state index contributed by atoms with van der Waals surface area (Å²) < 4.78 is 1.99. The van der Waals surface area contributed by atoms with Crippen LogP contribution < -0.4 is 5.32 Å². The first-order valence-corrected chi connectivity index (χ1v) is 7.96. The van der Waals surface area contributed by atoms with Crippen molar-refractivity contribution in [2.75, 3.05) is 6.54 Å². The van der Waals surface area contributed by atoms with Gasteiger partial charge in [0.15, 0.2) is 0 Å². The third-order valence-electron chi connectivity index (χ3n) is 3.50. The summed E-state index contributed by atoms with van der Waals surface area (Å²) in [7, 11) is 0. The number of pyridine rings is 1. The summed E-state index contributed by atoms with van der Waals surface area (Å²) >= 11 is 11.8. The summed E-state index contributed by atoms with van der Waals surface area (Å²) in [6.07, 6.45) is 4.67. The molecule has 2 heterocycles. The van der Waals surface area contributed by atoms with Crippen LogP contribution in [0, 0.1) is 6.92 Å². The fourth-order valence-electron chi connectivity index (χ4n) is 2.32. The zero-order valence-corrected chi connectivity index (χ0v) is 14.0. The Kier molecular flexibility index (Phi) is 4.55. The van der Waals surface area contributed by atoms with E-state index in [1.54, 1.807) is 18.2 Å². The van der Waals surface area contributed by atoms with Gasteiger partial charge in [-0.1, -0.05) is 29.3 Å². The predicted octanol–water partition coefficient (Wildman–Crippen LogP) is 3.92. The van der Waals surface area contributed by atoms with Gasteiger partial charge < -0.3 is 9.72 Å². The number of nitrogens with one attached hydrogen (secondary N) is 1. The first kappa shape index (κ1) is 15.8. The van der Waals surface area contributed by atoms with Crippen LogP contribution in [0.25, 0.3) is 5.65 Å². The minimum absolute atomic E-state index is 0.178. The second-order valence-corrected chi connectivity index (χ2v) is 6.15. The molecule has 6 heteroatoms. The molecule has 1 aromatic carbocycles. The van der Waals surface area contributed by atoms with Gasteiger partial charge >= 0.3 is 0 Å². The highest BCUT2D eigenvalue weighted by Crippen LogP contribution is 2.22. The van der Waals surface area contributed by atoms with Crippen LogP contribution in [0.15, 0.2) is 42.7 Å². The van der Waals surface area contributed by atoms with E-state index in [1.165, 1.54) is 5.56 Å². The van der Waals surface area contributed by atoms with Gasteiger partial charge in [-0.3, -0.25) is 4.79 Å². The number of carbonyl (C=O) groups is 1. The Morgan fingerprint density at radius 1 is 1.17 bits per heavy atom. The summed E-state index contributed by atoms with van der Waals surface area (Å²) in [5.74, 6) is -0.178. The average Bonchev–Trinajstić information content (AvgIpc) is 2.91. The molecule has 0 unspecified atom stereocenters. The standard InChI is InChI=1S/C17H15Cl2N3O/c1-11-2-5-16-21-13(10-22(16)9-11)6-7-20-17(23)12-3-4-14(18)15(19)8-12/h2-5,8-10H,6-7H2,1H3,(H,20,23). The Morgan fingerprint density at radius 3 is 2.78 bits per heavy atom. The maximum Gasteiger partial charge on any atom is 0.251 e.